The Labute approximate surface area is 98.9 Å². The van der Waals surface area contributed by atoms with Crippen LogP contribution in [0.1, 0.15) is 23.8 Å². The number of aromatic nitrogens is 2. The molecule has 0 spiro atoms. The molecule has 1 aromatic heterocycles. The minimum absolute atomic E-state index is 0.0239. The van der Waals surface area contributed by atoms with Crippen LogP contribution in [0, 0.1) is 0 Å². The van der Waals surface area contributed by atoms with Crippen molar-refractivity contribution in [2.24, 2.45) is 0 Å². The van der Waals surface area contributed by atoms with Gasteiger partial charge < -0.3 is 15.8 Å². The number of nitrogens with two attached hydrogens (primary N) is 1. The van der Waals surface area contributed by atoms with Crippen molar-refractivity contribution in [3.63, 3.8) is 0 Å². The van der Waals surface area contributed by atoms with Gasteiger partial charge in [0.15, 0.2) is 5.69 Å². The van der Waals surface area contributed by atoms with Crippen molar-refractivity contribution in [1.29, 1.82) is 0 Å². The largest absolute Gasteiger partial charge is 0.464 e. The summed E-state index contributed by atoms with van der Waals surface area (Å²) in [4.78, 5) is 22.6. The number of carbonyl (C=O) groups excluding carboxylic acids is 2. The molecule has 0 aliphatic rings. The number of nitrogens with zero attached hydrogens (tertiary/aromatic N) is 2. The molecule has 3 N–H and O–H groups in total. The number of hydrogen-bond acceptors (Lipinski definition) is 5. The molecule has 1 amide bonds. The van der Waals surface area contributed by atoms with Crippen molar-refractivity contribution < 1.29 is 14.3 Å². The molecule has 1 aromatic rings. The number of nitrogens with one attached hydrogen (secondary N) is 1. The van der Waals surface area contributed by atoms with Gasteiger partial charge in [0, 0.05) is 12.7 Å². The first-order valence-electron chi connectivity index (χ1n) is 5.26. The molecule has 0 radical (unpaired) electrons. The van der Waals surface area contributed by atoms with E-state index in [0.29, 0.717) is 6.54 Å². The van der Waals surface area contributed by atoms with Crippen LogP contribution in [-0.2, 0) is 16.1 Å². The van der Waals surface area contributed by atoms with Crippen LogP contribution >= 0.6 is 0 Å². The molecule has 17 heavy (non-hydrogen) atoms. The first-order chi connectivity index (χ1) is 8.08. The fraction of sp³-hybridized carbons (Fsp3) is 0.500. The van der Waals surface area contributed by atoms with E-state index in [1.54, 1.807) is 0 Å². The average molecular weight is 240 g/mol. The van der Waals surface area contributed by atoms with Crippen molar-refractivity contribution in [1.82, 2.24) is 15.1 Å². The van der Waals surface area contributed by atoms with Crippen molar-refractivity contribution in [3.05, 3.63) is 11.9 Å². The van der Waals surface area contributed by atoms with E-state index in [0.717, 1.165) is 6.42 Å². The molecular formula is C10H16N4O3. The highest BCUT2D eigenvalue weighted by molar-refractivity contribution is 5.92. The Bertz CT molecular complexity index is 414. The average Bonchev–Trinajstić information content (AvgIpc) is 2.66. The number of hydrogen-bond donors (Lipinski definition) is 2. The lowest BCUT2D eigenvalue weighted by Crippen LogP contribution is -2.28. The summed E-state index contributed by atoms with van der Waals surface area (Å²) in [5.74, 6) is -0.791. The van der Waals surface area contributed by atoms with Crippen molar-refractivity contribution in [3.8, 4) is 0 Å². The predicted octanol–water partition coefficient (Wildman–Crippen LogP) is -0.222. The molecule has 0 aliphatic carbocycles. The lowest BCUT2D eigenvalue weighted by Gasteiger charge is -2.02. The molecule has 1 heterocycles. The number of methoxy groups -OCH3 is 1. The fourth-order valence-electron chi connectivity index (χ4n) is 1.24. The van der Waals surface area contributed by atoms with Gasteiger partial charge in [0.1, 0.15) is 6.54 Å². The molecule has 7 heteroatoms. The standard InChI is InChI=1S/C10H16N4O3/c1-3-4-12-8(15)6-14-5-7(11)9(13-14)10(16)17-2/h5H,3-4,6,11H2,1-2H3,(H,12,15). The highest BCUT2D eigenvalue weighted by Gasteiger charge is 2.15. The number of amides is 1. The molecule has 0 bridgehead atoms. The number of anilines is 1. The maximum Gasteiger partial charge on any atom is 0.360 e. The lowest BCUT2D eigenvalue weighted by molar-refractivity contribution is -0.121. The quantitative estimate of drug-likeness (QED) is 0.693. The Morgan fingerprint density at radius 2 is 2.29 bits per heavy atom. The Kier molecular flexibility index (Phi) is 4.50. The molecule has 0 aliphatic heterocycles. The summed E-state index contributed by atoms with van der Waals surface area (Å²) in [6.45, 7) is 2.60. The zero-order chi connectivity index (χ0) is 12.8. The van der Waals surface area contributed by atoms with Gasteiger partial charge in [-0.15, -0.1) is 0 Å². The van der Waals surface area contributed by atoms with E-state index in [-0.39, 0.29) is 23.8 Å². The summed E-state index contributed by atoms with van der Waals surface area (Å²) in [6, 6.07) is 0. The van der Waals surface area contributed by atoms with Crippen LogP contribution in [0.5, 0.6) is 0 Å². The van der Waals surface area contributed by atoms with E-state index in [1.165, 1.54) is 18.0 Å². The molecule has 0 unspecified atom stereocenters. The van der Waals surface area contributed by atoms with Gasteiger partial charge in [-0.2, -0.15) is 5.10 Å². The molecule has 0 fully saturated rings. The van der Waals surface area contributed by atoms with Gasteiger partial charge in [-0.3, -0.25) is 9.48 Å². The maximum atomic E-state index is 11.4. The minimum Gasteiger partial charge on any atom is -0.464 e. The molecule has 0 saturated carbocycles. The Morgan fingerprint density at radius 1 is 1.59 bits per heavy atom. The normalized spacial score (nSPS) is 10.0. The van der Waals surface area contributed by atoms with Crippen molar-refractivity contribution >= 4 is 17.6 Å². The smallest absolute Gasteiger partial charge is 0.360 e. The van der Waals surface area contributed by atoms with E-state index in [4.69, 9.17) is 5.73 Å². The van der Waals surface area contributed by atoms with Crippen LogP contribution in [0.2, 0.25) is 0 Å². The van der Waals surface area contributed by atoms with Crippen LogP contribution in [0.3, 0.4) is 0 Å². The number of nitrogen functional groups attached to an aromatic ring is 1. The monoisotopic (exact) mass is 240 g/mol. The molecule has 0 atom stereocenters. The lowest BCUT2D eigenvalue weighted by atomic mass is 10.4. The Morgan fingerprint density at radius 3 is 2.88 bits per heavy atom. The molecular weight excluding hydrogens is 224 g/mol. The predicted molar refractivity (Wildman–Crippen MR) is 61.3 cm³/mol. The van der Waals surface area contributed by atoms with E-state index in [2.05, 4.69) is 15.2 Å². The third-order valence-corrected chi connectivity index (χ3v) is 2.05. The van der Waals surface area contributed by atoms with Gasteiger partial charge in [-0.05, 0) is 6.42 Å². The van der Waals surface area contributed by atoms with Crippen molar-refractivity contribution in [2.75, 3.05) is 19.4 Å². The van der Waals surface area contributed by atoms with Crippen LogP contribution < -0.4 is 11.1 Å². The number of carbonyl (C=O) groups is 2. The molecule has 0 saturated heterocycles. The van der Waals surface area contributed by atoms with Crippen molar-refractivity contribution in [2.45, 2.75) is 19.9 Å². The van der Waals surface area contributed by atoms with Gasteiger partial charge in [0.25, 0.3) is 0 Å². The number of ether oxygens (including phenoxy) is 1. The first kappa shape index (κ1) is 13.0. The van der Waals surface area contributed by atoms with E-state index >= 15 is 0 Å². The second-order valence-electron chi connectivity index (χ2n) is 3.47. The molecule has 1 rings (SSSR count). The van der Waals surface area contributed by atoms with E-state index < -0.39 is 5.97 Å². The molecule has 7 nitrogen and oxygen atoms in total. The number of rotatable bonds is 5. The third-order valence-electron chi connectivity index (χ3n) is 2.05. The molecule has 0 aromatic carbocycles. The van der Waals surface area contributed by atoms with Crippen LogP contribution in [0.15, 0.2) is 6.20 Å². The highest BCUT2D eigenvalue weighted by atomic mass is 16.5. The van der Waals surface area contributed by atoms with Gasteiger partial charge >= 0.3 is 5.97 Å². The third kappa shape index (κ3) is 3.47. The van der Waals surface area contributed by atoms with Gasteiger partial charge in [-0.25, -0.2) is 4.79 Å². The topological polar surface area (TPSA) is 99.2 Å². The number of esters is 1. The second-order valence-corrected chi connectivity index (χ2v) is 3.47. The summed E-state index contributed by atoms with van der Waals surface area (Å²) in [5.41, 5.74) is 5.80. The minimum atomic E-state index is -0.616. The van der Waals surface area contributed by atoms with Gasteiger partial charge in [-0.1, -0.05) is 6.92 Å². The van der Waals surface area contributed by atoms with Gasteiger partial charge in [0.2, 0.25) is 5.91 Å². The second kappa shape index (κ2) is 5.88. The summed E-state index contributed by atoms with van der Waals surface area (Å²) in [5, 5.41) is 6.58. The van der Waals surface area contributed by atoms with Crippen LogP contribution in [0.25, 0.3) is 0 Å². The Balaban J connectivity index is 2.67. The summed E-state index contributed by atoms with van der Waals surface area (Å²) < 4.78 is 5.82. The molecule has 94 valence electrons. The van der Waals surface area contributed by atoms with Crippen LogP contribution in [0.4, 0.5) is 5.69 Å². The maximum absolute atomic E-state index is 11.4. The summed E-state index contributed by atoms with van der Waals surface area (Å²) in [6.07, 6.45) is 2.29. The first-order valence-corrected chi connectivity index (χ1v) is 5.26. The zero-order valence-corrected chi connectivity index (χ0v) is 9.90. The summed E-state index contributed by atoms with van der Waals surface area (Å²) in [7, 11) is 1.24. The van der Waals surface area contributed by atoms with Crippen LogP contribution in [-0.4, -0.2) is 35.3 Å². The SMILES string of the molecule is CCCNC(=O)Cn1cc(N)c(C(=O)OC)n1. The fourth-order valence-corrected chi connectivity index (χ4v) is 1.24. The van der Waals surface area contributed by atoms with E-state index in [1.807, 2.05) is 6.92 Å². The Hall–Kier alpha value is -2.05. The zero-order valence-electron chi connectivity index (χ0n) is 9.90. The van der Waals surface area contributed by atoms with E-state index in [9.17, 15) is 9.59 Å². The summed E-state index contributed by atoms with van der Waals surface area (Å²) >= 11 is 0. The highest BCUT2D eigenvalue weighted by Crippen LogP contribution is 2.09. The van der Waals surface area contributed by atoms with Gasteiger partial charge in [0.05, 0.1) is 12.8 Å².